The van der Waals surface area contributed by atoms with E-state index in [0.29, 0.717) is 6.42 Å². The summed E-state index contributed by atoms with van der Waals surface area (Å²) in [7, 11) is 0. The number of hydrogen-bond donors (Lipinski definition) is 0. The highest BCUT2D eigenvalue weighted by molar-refractivity contribution is 5.52. The summed E-state index contributed by atoms with van der Waals surface area (Å²) in [6.07, 6.45) is 2.17. The normalized spacial score (nSPS) is 12.8. The van der Waals surface area contributed by atoms with E-state index in [-0.39, 0.29) is 22.0 Å². The second-order valence-corrected chi connectivity index (χ2v) is 6.36. The molecule has 1 aromatic carbocycles. The molecule has 0 aliphatic rings. The summed E-state index contributed by atoms with van der Waals surface area (Å²) in [5.41, 5.74) is 2.50. The van der Waals surface area contributed by atoms with Crippen molar-refractivity contribution >= 4 is 6.08 Å². The van der Waals surface area contributed by atoms with Gasteiger partial charge < -0.3 is 0 Å². The Kier molecular flexibility index (Phi) is 4.87. The van der Waals surface area contributed by atoms with Gasteiger partial charge in [0, 0.05) is 12.5 Å². The SMILES string of the molecule is CC(C)CC(=Cc1ccc(C(C)(C)C)cc1)[N+](=O)[O-]. The average Bonchev–Trinajstić information content (AvgIpc) is 2.27. The topological polar surface area (TPSA) is 43.1 Å². The molecule has 0 aliphatic carbocycles. The molecule has 0 unspecified atom stereocenters. The Hall–Kier alpha value is -1.64. The van der Waals surface area contributed by atoms with Gasteiger partial charge in [-0.25, -0.2) is 0 Å². The molecular weight excluding hydrogens is 238 g/mol. The summed E-state index contributed by atoms with van der Waals surface area (Å²) >= 11 is 0. The fourth-order valence-electron chi connectivity index (χ4n) is 1.88. The molecule has 1 rings (SSSR count). The van der Waals surface area contributed by atoms with Crippen molar-refractivity contribution in [2.24, 2.45) is 5.92 Å². The lowest BCUT2D eigenvalue weighted by molar-refractivity contribution is -0.427. The molecule has 0 saturated heterocycles. The minimum atomic E-state index is -0.280. The highest BCUT2D eigenvalue weighted by atomic mass is 16.6. The van der Waals surface area contributed by atoms with E-state index in [2.05, 4.69) is 20.8 Å². The van der Waals surface area contributed by atoms with Crippen molar-refractivity contribution in [2.45, 2.75) is 46.5 Å². The van der Waals surface area contributed by atoms with Gasteiger partial charge in [-0.05, 0) is 22.5 Å². The van der Waals surface area contributed by atoms with Crippen molar-refractivity contribution in [3.63, 3.8) is 0 Å². The second kappa shape index (κ2) is 6.00. The summed E-state index contributed by atoms with van der Waals surface area (Å²) < 4.78 is 0. The summed E-state index contributed by atoms with van der Waals surface area (Å²) in [6, 6.07) is 7.98. The zero-order chi connectivity index (χ0) is 14.6. The third-order valence-electron chi connectivity index (χ3n) is 2.96. The van der Waals surface area contributed by atoms with Crippen LogP contribution < -0.4 is 0 Å². The van der Waals surface area contributed by atoms with Crippen molar-refractivity contribution in [3.8, 4) is 0 Å². The molecule has 0 spiro atoms. The summed E-state index contributed by atoms with van der Waals surface area (Å²) in [5.74, 6) is 0.283. The van der Waals surface area contributed by atoms with Crippen molar-refractivity contribution in [1.82, 2.24) is 0 Å². The molecule has 0 radical (unpaired) electrons. The second-order valence-electron chi connectivity index (χ2n) is 6.36. The van der Waals surface area contributed by atoms with Crippen LogP contribution in [0.5, 0.6) is 0 Å². The molecule has 1 aromatic rings. The van der Waals surface area contributed by atoms with E-state index < -0.39 is 0 Å². The number of nitro groups is 1. The Morgan fingerprint density at radius 3 is 2.16 bits per heavy atom. The van der Waals surface area contributed by atoms with Gasteiger partial charge in [0.1, 0.15) is 0 Å². The minimum absolute atomic E-state index is 0.103. The number of nitrogens with zero attached hydrogens (tertiary/aromatic N) is 1. The van der Waals surface area contributed by atoms with E-state index in [9.17, 15) is 10.1 Å². The molecule has 3 heteroatoms. The Morgan fingerprint density at radius 1 is 1.26 bits per heavy atom. The minimum Gasteiger partial charge on any atom is -0.259 e. The van der Waals surface area contributed by atoms with Crippen molar-refractivity contribution < 1.29 is 4.92 Å². The highest BCUT2D eigenvalue weighted by Crippen LogP contribution is 2.23. The zero-order valence-electron chi connectivity index (χ0n) is 12.4. The molecule has 0 N–H and O–H groups in total. The molecule has 0 atom stereocenters. The number of hydrogen-bond acceptors (Lipinski definition) is 2. The molecule has 0 aliphatic heterocycles. The molecule has 0 fully saturated rings. The number of rotatable bonds is 4. The van der Waals surface area contributed by atoms with E-state index >= 15 is 0 Å². The van der Waals surface area contributed by atoms with Crippen LogP contribution in [0.3, 0.4) is 0 Å². The smallest absolute Gasteiger partial charge is 0.247 e. The first-order valence-electron chi connectivity index (χ1n) is 6.65. The fraction of sp³-hybridized carbons (Fsp3) is 0.500. The highest BCUT2D eigenvalue weighted by Gasteiger charge is 2.15. The first kappa shape index (κ1) is 15.4. The van der Waals surface area contributed by atoms with Gasteiger partial charge in [0.2, 0.25) is 5.70 Å². The molecule has 0 heterocycles. The summed E-state index contributed by atoms with van der Waals surface area (Å²) in [4.78, 5) is 10.7. The summed E-state index contributed by atoms with van der Waals surface area (Å²) in [6.45, 7) is 10.4. The molecule has 104 valence electrons. The van der Waals surface area contributed by atoms with Gasteiger partial charge in [0.15, 0.2) is 0 Å². The molecule has 0 bridgehead atoms. The first-order valence-corrected chi connectivity index (χ1v) is 6.65. The standard InChI is InChI=1S/C16H23NO2/c1-12(2)10-15(17(18)19)11-13-6-8-14(9-7-13)16(3,4)5/h6-9,11-12H,10H2,1-5H3. The monoisotopic (exact) mass is 261 g/mol. The molecule has 0 saturated carbocycles. The van der Waals surface area contributed by atoms with Crippen LogP contribution in [0.4, 0.5) is 0 Å². The fourth-order valence-corrected chi connectivity index (χ4v) is 1.88. The summed E-state index contributed by atoms with van der Waals surface area (Å²) in [5, 5.41) is 11.0. The van der Waals surface area contributed by atoms with Gasteiger partial charge in [-0.15, -0.1) is 0 Å². The van der Waals surface area contributed by atoms with Crippen molar-refractivity contribution in [2.75, 3.05) is 0 Å². The van der Waals surface area contributed by atoms with E-state index in [1.54, 1.807) is 6.08 Å². The maximum absolute atomic E-state index is 11.0. The van der Waals surface area contributed by atoms with Crippen LogP contribution in [0.2, 0.25) is 0 Å². The van der Waals surface area contributed by atoms with Crippen LogP contribution >= 0.6 is 0 Å². The Morgan fingerprint density at radius 2 is 1.79 bits per heavy atom. The number of benzene rings is 1. The number of allylic oxidation sites excluding steroid dienone is 1. The van der Waals surface area contributed by atoms with Gasteiger partial charge in [-0.2, -0.15) is 0 Å². The first-order chi connectivity index (χ1) is 8.70. The van der Waals surface area contributed by atoms with Gasteiger partial charge in [-0.1, -0.05) is 58.9 Å². The molecule has 0 amide bonds. The lowest BCUT2D eigenvalue weighted by Crippen LogP contribution is -2.10. The lowest BCUT2D eigenvalue weighted by atomic mass is 9.86. The van der Waals surface area contributed by atoms with Crippen LogP contribution in [-0.4, -0.2) is 4.92 Å². The van der Waals surface area contributed by atoms with Crippen LogP contribution in [0.1, 0.15) is 52.2 Å². The molecule has 0 aromatic heterocycles. The van der Waals surface area contributed by atoms with E-state index in [1.165, 1.54) is 5.56 Å². The maximum Gasteiger partial charge on any atom is 0.247 e. The van der Waals surface area contributed by atoms with E-state index in [4.69, 9.17) is 0 Å². The van der Waals surface area contributed by atoms with Crippen LogP contribution in [0.15, 0.2) is 30.0 Å². The van der Waals surface area contributed by atoms with Crippen LogP contribution in [0, 0.1) is 16.0 Å². The Labute approximate surface area is 115 Å². The Balaban J connectivity index is 2.99. The van der Waals surface area contributed by atoms with Crippen molar-refractivity contribution in [1.29, 1.82) is 0 Å². The van der Waals surface area contributed by atoms with E-state index in [1.807, 2.05) is 38.1 Å². The van der Waals surface area contributed by atoms with Crippen LogP contribution in [-0.2, 0) is 5.41 Å². The van der Waals surface area contributed by atoms with Crippen molar-refractivity contribution in [3.05, 3.63) is 51.2 Å². The predicted octanol–water partition coefficient (Wildman–Crippen LogP) is 4.65. The molecule has 19 heavy (non-hydrogen) atoms. The average molecular weight is 261 g/mol. The van der Waals surface area contributed by atoms with Gasteiger partial charge in [-0.3, -0.25) is 10.1 Å². The third kappa shape index (κ3) is 4.86. The van der Waals surface area contributed by atoms with Gasteiger partial charge in [0.25, 0.3) is 0 Å². The quantitative estimate of drug-likeness (QED) is 0.585. The van der Waals surface area contributed by atoms with Gasteiger partial charge >= 0.3 is 0 Å². The largest absolute Gasteiger partial charge is 0.259 e. The predicted molar refractivity (Wildman–Crippen MR) is 79.6 cm³/mol. The third-order valence-corrected chi connectivity index (χ3v) is 2.96. The van der Waals surface area contributed by atoms with E-state index in [0.717, 1.165) is 5.56 Å². The molecular formula is C16H23NO2. The molecule has 3 nitrogen and oxygen atoms in total. The maximum atomic E-state index is 11.0. The zero-order valence-corrected chi connectivity index (χ0v) is 12.4. The van der Waals surface area contributed by atoms with Crippen LogP contribution in [0.25, 0.3) is 6.08 Å². The van der Waals surface area contributed by atoms with Gasteiger partial charge in [0.05, 0.1) is 4.92 Å². The lowest BCUT2D eigenvalue weighted by Gasteiger charge is -2.18. The Bertz CT molecular complexity index is 465.